The zero-order valence-electron chi connectivity index (χ0n) is 9.85. The van der Waals surface area contributed by atoms with Crippen molar-refractivity contribution in [2.45, 2.75) is 59.9 Å². The molecule has 1 aliphatic carbocycles. The van der Waals surface area contributed by atoms with E-state index in [0.29, 0.717) is 16.9 Å². The third-order valence-corrected chi connectivity index (χ3v) is 4.20. The van der Waals surface area contributed by atoms with Crippen molar-refractivity contribution in [3.05, 3.63) is 0 Å². The van der Waals surface area contributed by atoms with E-state index >= 15 is 0 Å². The van der Waals surface area contributed by atoms with E-state index in [2.05, 4.69) is 34.6 Å². The molecular weight excluding hydrogens is 158 g/mol. The molecule has 0 radical (unpaired) electrons. The lowest BCUT2D eigenvalue weighted by Crippen LogP contribution is -2.46. The topological polar surface area (TPSA) is 26.0 Å². The molecule has 0 aliphatic heterocycles. The Bertz CT molecular complexity index is 180. The summed E-state index contributed by atoms with van der Waals surface area (Å²) in [7, 11) is 0. The fourth-order valence-electron chi connectivity index (χ4n) is 3.31. The zero-order valence-corrected chi connectivity index (χ0v) is 9.85. The number of hydrogen-bond acceptors (Lipinski definition) is 1. The van der Waals surface area contributed by atoms with Gasteiger partial charge in [-0.25, -0.2) is 0 Å². The van der Waals surface area contributed by atoms with Gasteiger partial charge in [0.2, 0.25) is 0 Å². The summed E-state index contributed by atoms with van der Waals surface area (Å²) in [5.41, 5.74) is 7.04. The Kier molecular flexibility index (Phi) is 2.78. The van der Waals surface area contributed by atoms with Crippen LogP contribution in [0.25, 0.3) is 0 Å². The minimum atomic E-state index is 0.353. The van der Waals surface area contributed by atoms with Crippen LogP contribution in [0.4, 0.5) is 0 Å². The molecule has 78 valence electrons. The Morgan fingerprint density at radius 2 is 1.92 bits per heavy atom. The molecule has 3 atom stereocenters. The molecule has 0 amide bonds. The van der Waals surface area contributed by atoms with E-state index < -0.39 is 0 Å². The first-order chi connectivity index (χ1) is 5.83. The molecule has 0 saturated heterocycles. The van der Waals surface area contributed by atoms with Gasteiger partial charge in [0.25, 0.3) is 0 Å². The second-order valence-electron chi connectivity index (χ2n) is 5.91. The molecule has 2 N–H and O–H groups in total. The predicted molar refractivity (Wildman–Crippen MR) is 58.6 cm³/mol. The molecule has 1 aliphatic rings. The monoisotopic (exact) mass is 183 g/mol. The molecule has 2 unspecified atom stereocenters. The molecule has 0 aromatic carbocycles. The lowest BCUT2D eigenvalue weighted by molar-refractivity contribution is 0.0659. The van der Waals surface area contributed by atoms with E-state index in [4.69, 9.17) is 5.73 Å². The van der Waals surface area contributed by atoms with Gasteiger partial charge < -0.3 is 5.73 Å². The molecule has 1 heteroatoms. The van der Waals surface area contributed by atoms with E-state index in [9.17, 15) is 0 Å². The lowest BCUT2D eigenvalue weighted by atomic mass is 9.62. The van der Waals surface area contributed by atoms with Crippen LogP contribution in [0.2, 0.25) is 0 Å². The minimum absolute atomic E-state index is 0.353. The third-order valence-electron chi connectivity index (χ3n) is 4.20. The Hall–Kier alpha value is -0.0400. The molecule has 1 rings (SSSR count). The Morgan fingerprint density at radius 3 is 2.08 bits per heavy atom. The lowest BCUT2D eigenvalue weighted by Gasteiger charge is -2.45. The smallest absolute Gasteiger partial charge is 0.0103 e. The summed E-state index contributed by atoms with van der Waals surface area (Å²) in [5.74, 6) is 0.814. The summed E-state index contributed by atoms with van der Waals surface area (Å²) < 4.78 is 0. The van der Waals surface area contributed by atoms with Crippen LogP contribution < -0.4 is 5.73 Å². The van der Waals surface area contributed by atoms with Crippen LogP contribution in [0.5, 0.6) is 0 Å². The molecule has 1 saturated carbocycles. The van der Waals surface area contributed by atoms with E-state index in [-0.39, 0.29) is 0 Å². The highest BCUT2D eigenvalue weighted by atomic mass is 14.8. The van der Waals surface area contributed by atoms with Crippen LogP contribution in [0.3, 0.4) is 0 Å². The van der Waals surface area contributed by atoms with Gasteiger partial charge in [-0.15, -0.1) is 0 Å². The van der Waals surface area contributed by atoms with Gasteiger partial charge in [0.1, 0.15) is 0 Å². The van der Waals surface area contributed by atoms with Crippen molar-refractivity contribution in [3.8, 4) is 0 Å². The van der Waals surface area contributed by atoms with Crippen molar-refractivity contribution in [2.24, 2.45) is 22.5 Å². The minimum Gasteiger partial charge on any atom is -0.327 e. The first kappa shape index (κ1) is 11.0. The Balaban J connectivity index is 2.94. The van der Waals surface area contributed by atoms with Crippen LogP contribution in [0.15, 0.2) is 0 Å². The summed E-state index contributed by atoms with van der Waals surface area (Å²) in [6, 6.07) is 0.410. The van der Waals surface area contributed by atoms with Gasteiger partial charge in [-0.1, -0.05) is 34.6 Å². The van der Waals surface area contributed by atoms with E-state index in [1.807, 2.05) is 0 Å². The van der Waals surface area contributed by atoms with Crippen LogP contribution >= 0.6 is 0 Å². The SMILES string of the molecule is CCC1(C(C)(C)C)CC(C)C[C@H]1N. The van der Waals surface area contributed by atoms with Gasteiger partial charge in [-0.3, -0.25) is 0 Å². The van der Waals surface area contributed by atoms with Crippen LogP contribution in [0.1, 0.15) is 53.9 Å². The summed E-state index contributed by atoms with van der Waals surface area (Å²) in [6.45, 7) is 11.7. The highest BCUT2D eigenvalue weighted by molar-refractivity contribution is 5.02. The van der Waals surface area contributed by atoms with Crippen LogP contribution in [0, 0.1) is 16.7 Å². The maximum absolute atomic E-state index is 6.30. The molecular formula is C12H25N. The summed E-state index contributed by atoms with van der Waals surface area (Å²) in [6.07, 6.45) is 3.75. The summed E-state index contributed by atoms with van der Waals surface area (Å²) in [4.78, 5) is 0. The first-order valence-electron chi connectivity index (χ1n) is 5.59. The van der Waals surface area contributed by atoms with Crippen molar-refractivity contribution in [2.75, 3.05) is 0 Å². The summed E-state index contributed by atoms with van der Waals surface area (Å²) >= 11 is 0. The highest BCUT2D eigenvalue weighted by Gasteiger charge is 2.49. The molecule has 0 aromatic heterocycles. The van der Waals surface area contributed by atoms with Crippen molar-refractivity contribution >= 4 is 0 Å². The highest BCUT2D eigenvalue weighted by Crippen LogP contribution is 2.54. The molecule has 0 bridgehead atoms. The Labute approximate surface area is 83.1 Å². The van der Waals surface area contributed by atoms with Crippen molar-refractivity contribution in [1.82, 2.24) is 0 Å². The quantitative estimate of drug-likeness (QED) is 0.664. The largest absolute Gasteiger partial charge is 0.327 e. The van der Waals surface area contributed by atoms with Crippen LogP contribution in [-0.2, 0) is 0 Å². The molecule has 1 nitrogen and oxygen atoms in total. The predicted octanol–water partition coefficient (Wildman–Crippen LogP) is 3.19. The molecule has 1 fully saturated rings. The fourth-order valence-corrected chi connectivity index (χ4v) is 3.31. The second kappa shape index (κ2) is 3.27. The fraction of sp³-hybridized carbons (Fsp3) is 1.00. The first-order valence-corrected chi connectivity index (χ1v) is 5.59. The van der Waals surface area contributed by atoms with Gasteiger partial charge in [0.15, 0.2) is 0 Å². The van der Waals surface area contributed by atoms with Gasteiger partial charge in [0, 0.05) is 6.04 Å². The maximum atomic E-state index is 6.30. The summed E-state index contributed by atoms with van der Waals surface area (Å²) in [5, 5.41) is 0. The van der Waals surface area contributed by atoms with Crippen molar-refractivity contribution in [3.63, 3.8) is 0 Å². The standard InChI is InChI=1S/C12H25N/c1-6-12(11(3,4)5)8-9(2)7-10(12)13/h9-10H,6-8,13H2,1-5H3/t9?,10-,12?/m1/s1. The van der Waals surface area contributed by atoms with Gasteiger partial charge in [-0.2, -0.15) is 0 Å². The van der Waals surface area contributed by atoms with E-state index in [0.717, 1.165) is 5.92 Å². The number of rotatable bonds is 1. The van der Waals surface area contributed by atoms with E-state index in [1.54, 1.807) is 0 Å². The van der Waals surface area contributed by atoms with Crippen molar-refractivity contribution < 1.29 is 0 Å². The molecule has 0 spiro atoms. The average Bonchev–Trinajstić information content (AvgIpc) is 2.25. The molecule has 13 heavy (non-hydrogen) atoms. The second-order valence-corrected chi connectivity index (χ2v) is 5.91. The average molecular weight is 183 g/mol. The number of nitrogens with two attached hydrogens (primary N) is 1. The van der Waals surface area contributed by atoms with Gasteiger partial charge >= 0.3 is 0 Å². The normalized spacial score (nSPS) is 41.1. The Morgan fingerprint density at radius 1 is 1.38 bits per heavy atom. The van der Waals surface area contributed by atoms with Crippen molar-refractivity contribution in [1.29, 1.82) is 0 Å². The number of hydrogen-bond donors (Lipinski definition) is 1. The van der Waals surface area contributed by atoms with Gasteiger partial charge in [0.05, 0.1) is 0 Å². The van der Waals surface area contributed by atoms with Crippen LogP contribution in [-0.4, -0.2) is 6.04 Å². The maximum Gasteiger partial charge on any atom is 0.0103 e. The molecule has 0 heterocycles. The zero-order chi connectivity index (χ0) is 10.3. The van der Waals surface area contributed by atoms with Gasteiger partial charge in [-0.05, 0) is 36.0 Å². The molecule has 0 aromatic rings. The third kappa shape index (κ3) is 1.63. The van der Waals surface area contributed by atoms with E-state index in [1.165, 1.54) is 19.3 Å².